The molecule has 4 unspecified atom stereocenters. The number of carbonyl (C=O) groups excluding carboxylic acids is 1. The molecule has 1 amide bonds. The van der Waals surface area contributed by atoms with Gasteiger partial charge < -0.3 is 9.84 Å². The van der Waals surface area contributed by atoms with E-state index in [0.717, 1.165) is 0 Å². The minimum atomic E-state index is -0.313. The van der Waals surface area contributed by atoms with Gasteiger partial charge in [-0.3, -0.25) is 4.79 Å². The molecule has 0 aromatic rings. The van der Waals surface area contributed by atoms with Crippen molar-refractivity contribution in [2.75, 3.05) is 0 Å². The first-order valence-electron chi connectivity index (χ1n) is 3.90. The van der Waals surface area contributed by atoms with Gasteiger partial charge in [-0.25, -0.2) is 4.99 Å². The second-order valence-electron chi connectivity index (χ2n) is 3.29. The number of fused-ring (bicyclic) bond motifs is 5. The lowest BCUT2D eigenvalue weighted by Gasteiger charge is -2.19. The van der Waals surface area contributed by atoms with Crippen LogP contribution in [0.15, 0.2) is 17.1 Å². The van der Waals surface area contributed by atoms with Gasteiger partial charge in [-0.1, -0.05) is 12.2 Å². The fraction of sp³-hybridized carbons (Fsp3) is 0.500. The lowest BCUT2D eigenvalue weighted by Crippen LogP contribution is -2.34. The predicted molar refractivity (Wildman–Crippen MR) is 37.2 cm³/mol. The minimum absolute atomic E-state index is 0.192. The first kappa shape index (κ1) is 6.37. The van der Waals surface area contributed by atoms with E-state index >= 15 is 0 Å². The Morgan fingerprint density at radius 3 is 2.67 bits per heavy atom. The minimum Gasteiger partial charge on any atom is -0.861 e. The number of amides is 1. The SMILES string of the molecule is O=C1N=C([O-])C2C3C=CC(O3)C12. The van der Waals surface area contributed by atoms with E-state index in [2.05, 4.69) is 4.99 Å². The first-order valence-corrected chi connectivity index (χ1v) is 3.90. The van der Waals surface area contributed by atoms with Gasteiger partial charge in [0.1, 0.15) is 0 Å². The molecule has 0 saturated carbocycles. The van der Waals surface area contributed by atoms with Gasteiger partial charge >= 0.3 is 0 Å². The largest absolute Gasteiger partial charge is 0.861 e. The van der Waals surface area contributed by atoms with Crippen LogP contribution in [0.25, 0.3) is 0 Å². The van der Waals surface area contributed by atoms with E-state index in [4.69, 9.17) is 4.74 Å². The Bertz CT molecular complexity index is 320. The van der Waals surface area contributed by atoms with Crippen molar-refractivity contribution in [3.63, 3.8) is 0 Å². The molecule has 0 spiro atoms. The Balaban J connectivity index is 2.09. The van der Waals surface area contributed by atoms with Gasteiger partial charge in [-0.05, 0) is 5.90 Å². The molecule has 4 heteroatoms. The van der Waals surface area contributed by atoms with Gasteiger partial charge in [-0.2, -0.15) is 0 Å². The second kappa shape index (κ2) is 1.77. The van der Waals surface area contributed by atoms with Crippen molar-refractivity contribution in [3.8, 4) is 0 Å². The maximum absolute atomic E-state index is 11.2. The van der Waals surface area contributed by atoms with E-state index in [0.29, 0.717) is 0 Å². The van der Waals surface area contributed by atoms with Crippen LogP contribution in [0, 0.1) is 11.8 Å². The van der Waals surface area contributed by atoms with Gasteiger partial charge in [0.15, 0.2) is 0 Å². The quantitative estimate of drug-likeness (QED) is 0.425. The van der Waals surface area contributed by atoms with Gasteiger partial charge in [0.2, 0.25) is 0 Å². The molecule has 0 radical (unpaired) electrons. The van der Waals surface area contributed by atoms with E-state index in [1.165, 1.54) is 0 Å². The van der Waals surface area contributed by atoms with Gasteiger partial charge in [0.05, 0.1) is 18.1 Å². The topological polar surface area (TPSA) is 61.7 Å². The number of carbonyl (C=O) groups is 1. The molecule has 4 nitrogen and oxygen atoms in total. The molecule has 12 heavy (non-hydrogen) atoms. The van der Waals surface area contributed by atoms with Crippen LogP contribution in [-0.2, 0) is 9.53 Å². The molecule has 1 fully saturated rings. The number of aliphatic imine (C=N–C) groups is 1. The number of hydrogen-bond donors (Lipinski definition) is 0. The van der Waals surface area contributed by atoms with Gasteiger partial charge in [0.25, 0.3) is 5.91 Å². The van der Waals surface area contributed by atoms with Crippen molar-refractivity contribution in [3.05, 3.63) is 12.2 Å². The Morgan fingerprint density at radius 1 is 1.33 bits per heavy atom. The summed E-state index contributed by atoms with van der Waals surface area (Å²) in [7, 11) is 0. The maximum atomic E-state index is 11.2. The Labute approximate surface area is 68.6 Å². The zero-order valence-electron chi connectivity index (χ0n) is 6.14. The lowest BCUT2D eigenvalue weighted by atomic mass is 9.85. The number of nitrogens with zero attached hydrogens (tertiary/aromatic N) is 1. The van der Waals surface area contributed by atoms with Crippen molar-refractivity contribution in [1.82, 2.24) is 0 Å². The number of ether oxygens (including phenoxy) is 1. The summed E-state index contributed by atoms with van der Waals surface area (Å²) < 4.78 is 5.37. The summed E-state index contributed by atoms with van der Waals surface area (Å²) >= 11 is 0. The van der Waals surface area contributed by atoms with Crippen molar-refractivity contribution in [2.24, 2.45) is 16.8 Å². The van der Waals surface area contributed by atoms with Crippen molar-refractivity contribution in [2.45, 2.75) is 12.2 Å². The summed E-state index contributed by atoms with van der Waals surface area (Å²) in [5.41, 5.74) is 0. The zero-order valence-corrected chi connectivity index (χ0v) is 6.14. The molecule has 4 atom stereocenters. The summed E-state index contributed by atoms with van der Waals surface area (Å²) in [6, 6.07) is 0. The molecule has 3 aliphatic heterocycles. The molecular weight excluding hydrogens is 158 g/mol. The van der Waals surface area contributed by atoms with Gasteiger partial charge in [-0.15, -0.1) is 0 Å². The Morgan fingerprint density at radius 2 is 2.00 bits per heavy atom. The molecule has 0 aromatic carbocycles. The Hall–Kier alpha value is -1.16. The van der Waals surface area contributed by atoms with Crippen LogP contribution in [0.3, 0.4) is 0 Å². The van der Waals surface area contributed by atoms with Crippen molar-refractivity contribution < 1.29 is 14.6 Å². The molecule has 3 aliphatic rings. The average molecular weight is 164 g/mol. The third kappa shape index (κ3) is 0.536. The average Bonchev–Trinajstić information content (AvgIpc) is 2.64. The third-order valence-corrected chi connectivity index (χ3v) is 2.69. The molecule has 0 aromatic heterocycles. The monoisotopic (exact) mass is 164 g/mol. The van der Waals surface area contributed by atoms with Crippen LogP contribution >= 0.6 is 0 Å². The highest BCUT2D eigenvalue weighted by molar-refractivity contribution is 6.01. The van der Waals surface area contributed by atoms with Crippen LogP contribution in [0.1, 0.15) is 0 Å². The van der Waals surface area contributed by atoms with Crippen LogP contribution < -0.4 is 5.11 Å². The highest BCUT2D eigenvalue weighted by Gasteiger charge is 2.52. The van der Waals surface area contributed by atoms with E-state index < -0.39 is 0 Å². The zero-order chi connectivity index (χ0) is 8.29. The fourth-order valence-corrected chi connectivity index (χ4v) is 2.15. The lowest BCUT2D eigenvalue weighted by molar-refractivity contribution is -0.223. The number of rotatable bonds is 0. The summed E-state index contributed by atoms with van der Waals surface area (Å²) in [6.07, 6.45) is 3.31. The summed E-state index contributed by atoms with van der Waals surface area (Å²) in [6.45, 7) is 0. The first-order chi connectivity index (χ1) is 5.77. The van der Waals surface area contributed by atoms with Crippen molar-refractivity contribution >= 4 is 11.8 Å². The molecule has 2 bridgehead atoms. The van der Waals surface area contributed by atoms with E-state index in [1.807, 2.05) is 12.2 Å². The number of hydrogen-bond acceptors (Lipinski definition) is 3. The van der Waals surface area contributed by atoms with Crippen molar-refractivity contribution in [1.29, 1.82) is 0 Å². The van der Waals surface area contributed by atoms with Crippen LogP contribution in [-0.4, -0.2) is 24.0 Å². The molecule has 0 N–H and O–H groups in total. The molecule has 3 heterocycles. The molecule has 62 valence electrons. The van der Waals surface area contributed by atoms with E-state index in [1.54, 1.807) is 0 Å². The highest BCUT2D eigenvalue weighted by Crippen LogP contribution is 2.42. The summed E-state index contributed by atoms with van der Waals surface area (Å²) in [4.78, 5) is 14.6. The normalized spacial score (nSPS) is 48.3. The van der Waals surface area contributed by atoms with Crippen LogP contribution in [0.5, 0.6) is 0 Å². The summed E-state index contributed by atoms with van der Waals surface area (Å²) in [5, 5.41) is 11.2. The van der Waals surface area contributed by atoms with E-state index in [-0.39, 0.29) is 35.8 Å². The van der Waals surface area contributed by atoms with Crippen LogP contribution in [0.2, 0.25) is 0 Å². The van der Waals surface area contributed by atoms with Gasteiger partial charge in [0, 0.05) is 5.92 Å². The molecule has 3 rings (SSSR count). The fourth-order valence-electron chi connectivity index (χ4n) is 2.15. The van der Waals surface area contributed by atoms with Crippen LogP contribution in [0.4, 0.5) is 0 Å². The van der Waals surface area contributed by atoms with E-state index in [9.17, 15) is 9.90 Å². The highest BCUT2D eigenvalue weighted by atomic mass is 16.5. The molecule has 0 aliphatic carbocycles. The maximum Gasteiger partial charge on any atom is 0.251 e. The molecular formula is C8H6NO3-. The third-order valence-electron chi connectivity index (χ3n) is 2.69. The predicted octanol–water partition coefficient (Wildman–Crippen LogP) is -1.15. The second-order valence-corrected chi connectivity index (χ2v) is 3.29. The Kier molecular flexibility index (Phi) is 0.939. The standard InChI is InChI=1S/C8H7NO3/c10-7-5-3-1-2-4(12-3)6(5)8(11)9-7/h1-6H,(H,9,10,11)/p-1. The summed E-state index contributed by atoms with van der Waals surface area (Å²) in [5.74, 6) is -1.23. The smallest absolute Gasteiger partial charge is 0.251 e. The molecule has 1 saturated heterocycles.